The average molecular weight is 485 g/mol. The van der Waals surface area contributed by atoms with E-state index < -0.39 is 11.0 Å². The lowest BCUT2D eigenvalue weighted by atomic mass is 10.1. The Morgan fingerprint density at radius 2 is 1.47 bits per heavy atom. The first-order chi connectivity index (χ1) is 17.4. The van der Waals surface area contributed by atoms with Crippen LogP contribution in [0.25, 0.3) is 0 Å². The molecule has 0 saturated carbocycles. The van der Waals surface area contributed by atoms with Crippen LogP contribution in [0.4, 0.5) is 33.5 Å². The van der Waals surface area contributed by atoms with Crippen molar-refractivity contribution in [2.75, 3.05) is 22.2 Å². The van der Waals surface area contributed by atoms with Crippen molar-refractivity contribution in [2.24, 2.45) is 0 Å². The predicted octanol–water partition coefficient (Wildman–Crippen LogP) is 5.45. The van der Waals surface area contributed by atoms with Gasteiger partial charge in [0.15, 0.2) is 0 Å². The minimum absolute atomic E-state index is 0.0375. The number of nitrogens with one attached hydrogen (secondary N) is 1. The van der Waals surface area contributed by atoms with Gasteiger partial charge in [0.1, 0.15) is 6.33 Å². The van der Waals surface area contributed by atoms with Crippen molar-refractivity contribution in [1.82, 2.24) is 9.97 Å². The molecule has 0 aliphatic heterocycles. The Balaban J connectivity index is 1.70. The van der Waals surface area contributed by atoms with Gasteiger partial charge in [-0.25, -0.2) is 14.8 Å². The zero-order valence-corrected chi connectivity index (χ0v) is 19.5. The van der Waals surface area contributed by atoms with Crippen LogP contribution in [0.15, 0.2) is 91.3 Å². The fourth-order valence-electron chi connectivity index (χ4n) is 3.69. The van der Waals surface area contributed by atoms with Crippen molar-refractivity contribution in [3.8, 4) is 0 Å². The number of benzene rings is 3. The van der Waals surface area contributed by atoms with Crippen LogP contribution in [0.3, 0.4) is 0 Å². The molecule has 10 nitrogen and oxygen atoms in total. The second-order valence-corrected chi connectivity index (χ2v) is 7.99. The Bertz CT molecular complexity index is 1290. The quantitative estimate of drug-likeness (QED) is 0.237. The van der Waals surface area contributed by atoms with E-state index in [1.54, 1.807) is 24.3 Å². The van der Waals surface area contributed by atoms with Crippen LogP contribution in [-0.4, -0.2) is 33.1 Å². The second kappa shape index (κ2) is 11.0. The van der Waals surface area contributed by atoms with Crippen molar-refractivity contribution >= 4 is 34.8 Å². The topological polar surface area (TPSA) is 125 Å². The molecule has 0 radical (unpaired) electrons. The molecule has 4 rings (SSSR count). The number of amides is 1. The van der Waals surface area contributed by atoms with Crippen LogP contribution >= 0.6 is 0 Å². The molecule has 0 unspecified atom stereocenters. The third-order valence-corrected chi connectivity index (χ3v) is 5.52. The van der Waals surface area contributed by atoms with Gasteiger partial charge in [0, 0.05) is 31.5 Å². The van der Waals surface area contributed by atoms with Crippen LogP contribution in [0.2, 0.25) is 0 Å². The fourth-order valence-corrected chi connectivity index (χ4v) is 3.69. The predicted molar refractivity (Wildman–Crippen MR) is 138 cm³/mol. The highest BCUT2D eigenvalue weighted by Crippen LogP contribution is 2.35. The molecule has 0 atom stereocenters. The summed E-state index contributed by atoms with van der Waals surface area (Å²) in [5.41, 5.74) is 2.69. The van der Waals surface area contributed by atoms with Gasteiger partial charge in [-0.3, -0.25) is 15.0 Å². The molecule has 182 valence electrons. The second-order valence-electron chi connectivity index (χ2n) is 7.99. The van der Waals surface area contributed by atoms with Crippen molar-refractivity contribution in [1.29, 1.82) is 0 Å². The highest BCUT2D eigenvalue weighted by Gasteiger charge is 2.27. The Kier molecular flexibility index (Phi) is 7.35. The SMILES string of the molecule is CN(C(=O)O)c1ccc(Nc2ncnc(N(Cc3ccccc3)Cc3ccccc3)c2[N+](=O)[O-])cc1. The molecule has 36 heavy (non-hydrogen) atoms. The number of rotatable bonds is 9. The van der Waals surface area contributed by atoms with Crippen molar-refractivity contribution in [3.05, 3.63) is 112 Å². The van der Waals surface area contributed by atoms with Gasteiger partial charge in [0.25, 0.3) is 0 Å². The molecule has 0 aliphatic rings. The summed E-state index contributed by atoms with van der Waals surface area (Å²) in [7, 11) is 1.43. The van der Waals surface area contributed by atoms with E-state index in [1.807, 2.05) is 65.6 Å². The van der Waals surface area contributed by atoms with E-state index in [9.17, 15) is 14.9 Å². The Morgan fingerprint density at radius 3 is 1.97 bits per heavy atom. The summed E-state index contributed by atoms with van der Waals surface area (Å²) in [5.74, 6) is 0.225. The van der Waals surface area contributed by atoms with E-state index in [4.69, 9.17) is 5.11 Å². The third kappa shape index (κ3) is 5.73. The minimum atomic E-state index is -1.09. The molecule has 0 fully saturated rings. The lowest BCUT2D eigenvalue weighted by Crippen LogP contribution is -2.24. The molecular weight excluding hydrogens is 460 g/mol. The molecule has 3 aromatic carbocycles. The van der Waals surface area contributed by atoms with Crippen molar-refractivity contribution in [3.63, 3.8) is 0 Å². The molecule has 2 N–H and O–H groups in total. The van der Waals surface area contributed by atoms with E-state index in [1.165, 1.54) is 13.4 Å². The summed E-state index contributed by atoms with van der Waals surface area (Å²) in [6, 6.07) is 25.8. The van der Waals surface area contributed by atoms with Crippen molar-refractivity contribution in [2.45, 2.75) is 13.1 Å². The number of carboxylic acid groups (broad SMARTS) is 1. The Hall–Kier alpha value is -4.99. The van der Waals surface area contributed by atoms with E-state index in [-0.39, 0.29) is 17.3 Å². The Labute approximate surface area is 207 Å². The molecule has 10 heteroatoms. The van der Waals surface area contributed by atoms with Gasteiger partial charge in [-0.15, -0.1) is 0 Å². The zero-order chi connectivity index (χ0) is 25.5. The number of hydrogen-bond donors (Lipinski definition) is 2. The fraction of sp³-hybridized carbons (Fsp3) is 0.115. The summed E-state index contributed by atoms with van der Waals surface area (Å²) in [5, 5.41) is 24.4. The Morgan fingerprint density at radius 1 is 0.917 bits per heavy atom. The monoisotopic (exact) mass is 484 g/mol. The number of anilines is 4. The molecule has 0 spiro atoms. The molecular formula is C26H24N6O4. The van der Waals surface area contributed by atoms with Crippen LogP contribution in [0, 0.1) is 10.1 Å². The number of nitro groups is 1. The molecule has 0 bridgehead atoms. The van der Waals surface area contributed by atoms with E-state index in [2.05, 4.69) is 15.3 Å². The van der Waals surface area contributed by atoms with Gasteiger partial charge >= 0.3 is 11.8 Å². The van der Waals surface area contributed by atoms with Crippen LogP contribution in [0.1, 0.15) is 11.1 Å². The normalized spacial score (nSPS) is 10.5. The standard InChI is InChI=1S/C26H24N6O4/c1-30(26(33)34)22-14-12-21(13-15-22)29-24-23(32(35)36)25(28-18-27-24)31(16-19-8-4-2-5-9-19)17-20-10-6-3-7-11-20/h2-15,18H,16-17H2,1H3,(H,33,34)(H,27,28,29). The summed E-state index contributed by atoms with van der Waals surface area (Å²) in [6.45, 7) is 0.812. The molecule has 0 saturated heterocycles. The van der Waals surface area contributed by atoms with Crippen molar-refractivity contribution < 1.29 is 14.8 Å². The summed E-state index contributed by atoms with van der Waals surface area (Å²) >= 11 is 0. The van der Waals surface area contributed by atoms with E-state index >= 15 is 0 Å². The largest absolute Gasteiger partial charge is 0.465 e. The highest BCUT2D eigenvalue weighted by molar-refractivity contribution is 5.85. The number of hydrogen-bond acceptors (Lipinski definition) is 7. The van der Waals surface area contributed by atoms with E-state index in [0.717, 1.165) is 16.0 Å². The van der Waals surface area contributed by atoms with Gasteiger partial charge in [-0.2, -0.15) is 0 Å². The van der Waals surface area contributed by atoms with Gasteiger partial charge < -0.3 is 15.3 Å². The third-order valence-electron chi connectivity index (χ3n) is 5.52. The lowest BCUT2D eigenvalue weighted by molar-refractivity contribution is -0.383. The lowest BCUT2D eigenvalue weighted by Gasteiger charge is -2.24. The maximum Gasteiger partial charge on any atom is 0.411 e. The van der Waals surface area contributed by atoms with E-state index in [0.29, 0.717) is 24.5 Å². The number of nitrogens with zero attached hydrogens (tertiary/aromatic N) is 5. The first-order valence-electron chi connectivity index (χ1n) is 11.1. The molecule has 1 amide bonds. The highest BCUT2D eigenvalue weighted by atomic mass is 16.6. The number of carbonyl (C=O) groups is 1. The minimum Gasteiger partial charge on any atom is -0.465 e. The first kappa shape index (κ1) is 24.1. The molecule has 0 aliphatic carbocycles. The van der Waals surface area contributed by atoms with Crippen LogP contribution in [0.5, 0.6) is 0 Å². The molecule has 1 aromatic heterocycles. The maximum atomic E-state index is 12.2. The maximum absolute atomic E-state index is 12.2. The smallest absolute Gasteiger partial charge is 0.411 e. The van der Waals surface area contributed by atoms with Gasteiger partial charge in [0.05, 0.1) is 4.92 Å². The summed E-state index contributed by atoms with van der Waals surface area (Å²) in [4.78, 5) is 34.3. The van der Waals surface area contributed by atoms with Crippen LogP contribution < -0.4 is 15.1 Å². The van der Waals surface area contributed by atoms with Gasteiger partial charge in [-0.05, 0) is 35.4 Å². The summed E-state index contributed by atoms with van der Waals surface area (Å²) in [6.07, 6.45) is 0.198. The zero-order valence-electron chi connectivity index (χ0n) is 19.5. The van der Waals surface area contributed by atoms with Crippen LogP contribution in [-0.2, 0) is 13.1 Å². The number of aromatic nitrogens is 2. The van der Waals surface area contributed by atoms with Gasteiger partial charge in [0.2, 0.25) is 11.6 Å². The average Bonchev–Trinajstić information content (AvgIpc) is 2.89. The molecule has 1 heterocycles. The van der Waals surface area contributed by atoms with Gasteiger partial charge in [-0.1, -0.05) is 60.7 Å². The molecule has 4 aromatic rings. The first-order valence-corrected chi connectivity index (χ1v) is 11.1. The summed E-state index contributed by atoms with van der Waals surface area (Å²) < 4.78 is 0.